The fraction of sp³-hybridized carbons (Fsp3) is 0.368. The van der Waals surface area contributed by atoms with Gasteiger partial charge in [0.1, 0.15) is 0 Å². The molecule has 0 bridgehead atoms. The van der Waals surface area contributed by atoms with E-state index < -0.39 is 0 Å². The van der Waals surface area contributed by atoms with Crippen molar-refractivity contribution in [3.8, 4) is 0 Å². The third-order valence-electron chi connectivity index (χ3n) is 4.00. The van der Waals surface area contributed by atoms with Gasteiger partial charge in [-0.1, -0.05) is 56.3 Å². The van der Waals surface area contributed by atoms with Crippen molar-refractivity contribution in [1.82, 2.24) is 0 Å². The van der Waals surface area contributed by atoms with Crippen LogP contribution >= 0.6 is 11.6 Å². The highest BCUT2D eigenvalue weighted by Gasteiger charge is 2.14. The Bertz CT molecular complexity index is 572. The van der Waals surface area contributed by atoms with Crippen molar-refractivity contribution in [2.75, 3.05) is 0 Å². The molecule has 0 aliphatic heterocycles. The van der Waals surface area contributed by atoms with Crippen LogP contribution in [0.4, 0.5) is 0 Å². The summed E-state index contributed by atoms with van der Waals surface area (Å²) >= 11 is 6.73. The van der Waals surface area contributed by atoms with Gasteiger partial charge in [-0.05, 0) is 54.0 Å². The minimum atomic E-state index is 0.0533. The molecule has 0 heterocycles. The van der Waals surface area contributed by atoms with Gasteiger partial charge in [0.2, 0.25) is 0 Å². The van der Waals surface area contributed by atoms with Crippen molar-refractivity contribution >= 4 is 11.6 Å². The minimum absolute atomic E-state index is 0.0533. The Morgan fingerprint density at radius 2 is 1.70 bits per heavy atom. The van der Waals surface area contributed by atoms with Gasteiger partial charge in [-0.3, -0.25) is 0 Å². The highest BCUT2D eigenvalue weighted by atomic mass is 35.5. The second-order valence-electron chi connectivity index (χ2n) is 5.34. The van der Waals surface area contributed by atoms with Gasteiger partial charge in [-0.15, -0.1) is 11.6 Å². The van der Waals surface area contributed by atoms with Gasteiger partial charge in [-0.25, -0.2) is 0 Å². The summed E-state index contributed by atoms with van der Waals surface area (Å²) in [5.74, 6) is 0. The average Bonchev–Trinajstić information content (AvgIpc) is 2.48. The Morgan fingerprint density at radius 1 is 0.950 bits per heavy atom. The predicted molar refractivity (Wildman–Crippen MR) is 88.7 cm³/mol. The van der Waals surface area contributed by atoms with Crippen LogP contribution in [-0.4, -0.2) is 0 Å². The number of halogens is 1. The Labute approximate surface area is 127 Å². The highest BCUT2D eigenvalue weighted by Crippen LogP contribution is 2.30. The summed E-state index contributed by atoms with van der Waals surface area (Å²) in [6, 6.07) is 15.3. The number of alkyl halides is 1. The Morgan fingerprint density at radius 3 is 2.35 bits per heavy atom. The summed E-state index contributed by atoms with van der Waals surface area (Å²) in [6.07, 6.45) is 3.00. The summed E-state index contributed by atoms with van der Waals surface area (Å²) in [5.41, 5.74) is 6.71. The number of aryl methyl sites for hydroxylation is 3. The maximum Gasteiger partial charge on any atom is 0.0628 e. The Kier molecular flexibility index (Phi) is 5.25. The zero-order valence-electron chi connectivity index (χ0n) is 12.6. The fourth-order valence-corrected chi connectivity index (χ4v) is 2.99. The molecule has 1 unspecified atom stereocenters. The first kappa shape index (κ1) is 15.1. The summed E-state index contributed by atoms with van der Waals surface area (Å²) in [7, 11) is 0. The van der Waals surface area contributed by atoms with Gasteiger partial charge in [0.15, 0.2) is 0 Å². The van der Waals surface area contributed by atoms with Crippen LogP contribution in [0, 0.1) is 6.92 Å². The molecule has 2 aromatic carbocycles. The van der Waals surface area contributed by atoms with E-state index in [4.69, 9.17) is 11.6 Å². The summed E-state index contributed by atoms with van der Waals surface area (Å²) < 4.78 is 0. The van der Waals surface area contributed by atoms with E-state index in [2.05, 4.69) is 63.2 Å². The molecule has 0 N–H and O–H groups in total. The van der Waals surface area contributed by atoms with Crippen molar-refractivity contribution < 1.29 is 0 Å². The number of benzene rings is 2. The lowest BCUT2D eigenvalue weighted by atomic mass is 9.94. The maximum atomic E-state index is 6.73. The average molecular weight is 287 g/mol. The van der Waals surface area contributed by atoms with E-state index in [9.17, 15) is 0 Å². The Hall–Kier alpha value is -1.27. The normalized spacial score (nSPS) is 12.4. The molecule has 0 nitrogen and oxygen atoms in total. The minimum Gasteiger partial charge on any atom is -0.117 e. The van der Waals surface area contributed by atoms with Gasteiger partial charge >= 0.3 is 0 Å². The smallest absolute Gasteiger partial charge is 0.0628 e. The van der Waals surface area contributed by atoms with Crippen LogP contribution in [0.25, 0.3) is 0 Å². The topological polar surface area (TPSA) is 0 Å². The molecule has 0 saturated carbocycles. The van der Waals surface area contributed by atoms with Crippen molar-refractivity contribution in [2.24, 2.45) is 0 Å². The number of hydrogen-bond donors (Lipinski definition) is 0. The van der Waals surface area contributed by atoms with Gasteiger partial charge in [-0.2, -0.15) is 0 Å². The molecule has 1 heteroatoms. The predicted octanol–water partition coefficient (Wildman–Crippen LogP) is 5.64. The molecule has 1 atom stereocenters. The maximum absolute atomic E-state index is 6.73. The molecule has 0 aromatic heterocycles. The summed E-state index contributed by atoms with van der Waals surface area (Å²) in [4.78, 5) is 0. The van der Waals surface area contributed by atoms with Gasteiger partial charge in [0, 0.05) is 0 Å². The van der Waals surface area contributed by atoms with Crippen LogP contribution in [-0.2, 0) is 19.3 Å². The lowest BCUT2D eigenvalue weighted by molar-refractivity contribution is 0.883. The van der Waals surface area contributed by atoms with Crippen molar-refractivity contribution in [1.29, 1.82) is 0 Å². The first-order valence-corrected chi connectivity index (χ1v) is 7.89. The van der Waals surface area contributed by atoms with Crippen molar-refractivity contribution in [3.05, 3.63) is 70.3 Å². The largest absolute Gasteiger partial charge is 0.117 e. The summed E-state index contributed by atoms with van der Waals surface area (Å²) in [5, 5.41) is 0.0533. The van der Waals surface area contributed by atoms with E-state index in [0.717, 1.165) is 19.3 Å². The molecule has 0 spiro atoms. The van der Waals surface area contributed by atoms with Gasteiger partial charge in [0.25, 0.3) is 0 Å². The third-order valence-corrected chi connectivity index (χ3v) is 4.39. The SMILES string of the molecule is CCc1ccc(CC)c(C(Cl)Cc2ccccc2C)c1. The van der Waals surface area contributed by atoms with Crippen molar-refractivity contribution in [3.63, 3.8) is 0 Å². The van der Waals surface area contributed by atoms with E-state index in [0.29, 0.717) is 0 Å². The first-order valence-electron chi connectivity index (χ1n) is 7.46. The molecular formula is C19H23Cl. The van der Waals surface area contributed by atoms with Crippen LogP contribution in [0.1, 0.15) is 47.0 Å². The van der Waals surface area contributed by atoms with Crippen LogP contribution < -0.4 is 0 Å². The molecule has 0 fully saturated rings. The van der Waals surface area contributed by atoms with Crippen LogP contribution in [0.3, 0.4) is 0 Å². The molecule has 2 aromatic rings. The zero-order valence-corrected chi connectivity index (χ0v) is 13.4. The Balaban J connectivity index is 2.28. The van der Waals surface area contributed by atoms with E-state index in [1.807, 2.05) is 0 Å². The third kappa shape index (κ3) is 3.43. The lowest BCUT2D eigenvalue weighted by Crippen LogP contribution is -2.02. The highest BCUT2D eigenvalue weighted by molar-refractivity contribution is 6.21. The zero-order chi connectivity index (χ0) is 14.5. The quantitative estimate of drug-likeness (QED) is 0.624. The van der Waals surface area contributed by atoms with Crippen LogP contribution in [0.15, 0.2) is 42.5 Å². The van der Waals surface area contributed by atoms with Gasteiger partial charge in [0.05, 0.1) is 5.38 Å². The number of rotatable bonds is 5. The van der Waals surface area contributed by atoms with Crippen molar-refractivity contribution in [2.45, 2.75) is 45.4 Å². The second kappa shape index (κ2) is 6.95. The second-order valence-corrected chi connectivity index (χ2v) is 5.87. The van der Waals surface area contributed by atoms with E-state index >= 15 is 0 Å². The molecule has 0 radical (unpaired) electrons. The van der Waals surface area contributed by atoms with Gasteiger partial charge < -0.3 is 0 Å². The van der Waals surface area contributed by atoms with Crippen LogP contribution in [0.5, 0.6) is 0 Å². The van der Waals surface area contributed by atoms with E-state index in [-0.39, 0.29) is 5.38 Å². The molecule has 0 aliphatic rings. The van der Waals surface area contributed by atoms with E-state index in [1.165, 1.54) is 27.8 Å². The number of hydrogen-bond acceptors (Lipinski definition) is 0. The molecule has 2 rings (SSSR count). The standard InChI is InChI=1S/C19H23Cl/c1-4-15-10-11-16(5-2)18(12-15)19(20)13-17-9-7-6-8-14(17)3/h6-12,19H,4-5,13H2,1-3H3. The molecule has 0 saturated heterocycles. The first-order chi connectivity index (χ1) is 9.65. The molecular weight excluding hydrogens is 264 g/mol. The lowest BCUT2D eigenvalue weighted by Gasteiger charge is -2.17. The summed E-state index contributed by atoms with van der Waals surface area (Å²) in [6.45, 7) is 6.54. The molecule has 0 aliphatic carbocycles. The van der Waals surface area contributed by atoms with Crippen LogP contribution in [0.2, 0.25) is 0 Å². The fourth-order valence-electron chi connectivity index (χ4n) is 2.62. The molecule has 20 heavy (non-hydrogen) atoms. The van der Waals surface area contributed by atoms with E-state index in [1.54, 1.807) is 0 Å². The monoisotopic (exact) mass is 286 g/mol. The molecule has 0 amide bonds. The molecule has 106 valence electrons.